The first-order valence-electron chi connectivity index (χ1n) is 16.8. The summed E-state index contributed by atoms with van der Waals surface area (Å²) in [6.45, 7) is 7.98. The number of fused-ring (bicyclic) bond motifs is 2. The summed E-state index contributed by atoms with van der Waals surface area (Å²) in [5.41, 5.74) is 9.29. The van der Waals surface area contributed by atoms with Crippen LogP contribution in [0.2, 0.25) is 0 Å². The first-order valence-corrected chi connectivity index (χ1v) is 17.6. The van der Waals surface area contributed by atoms with Gasteiger partial charge in [0.2, 0.25) is 11.8 Å². The van der Waals surface area contributed by atoms with Crippen molar-refractivity contribution < 1.29 is 23.9 Å². The largest absolute Gasteiger partial charge is 0.380 e. The number of nitrogens with two attached hydrogens (primary N) is 1. The zero-order chi connectivity index (χ0) is 35.7. The van der Waals surface area contributed by atoms with E-state index in [0.29, 0.717) is 79.0 Å². The van der Waals surface area contributed by atoms with Crippen molar-refractivity contribution in [1.29, 1.82) is 0 Å². The maximum absolute atomic E-state index is 14.3. The highest BCUT2D eigenvalue weighted by atomic mass is 79.9. The van der Waals surface area contributed by atoms with E-state index in [1.165, 1.54) is 6.92 Å². The molecule has 1 aliphatic carbocycles. The second-order valence-corrected chi connectivity index (χ2v) is 14.2. The lowest BCUT2D eigenvalue weighted by atomic mass is 9.92. The lowest BCUT2D eigenvalue weighted by molar-refractivity contribution is -0.138. The van der Waals surface area contributed by atoms with Crippen LogP contribution in [0.15, 0.2) is 41.3 Å². The molecule has 0 spiro atoms. The second kappa shape index (κ2) is 14.4. The fourth-order valence-corrected chi connectivity index (χ4v) is 7.42. The molecular weight excluding hydrogens is 704 g/mol. The molecule has 3 atom stereocenters. The fraction of sp³-hybridized carbons (Fsp3) is 0.444. The first-order chi connectivity index (χ1) is 23.9. The first kappa shape index (κ1) is 35.4. The monoisotopic (exact) mass is 744 g/mol. The van der Waals surface area contributed by atoms with Gasteiger partial charge in [-0.05, 0) is 96.3 Å². The Hall–Kier alpha value is -4.40. The summed E-state index contributed by atoms with van der Waals surface area (Å²) < 4.78 is 7.53. The summed E-state index contributed by atoms with van der Waals surface area (Å²) in [6, 6.07) is 6.51. The summed E-state index contributed by atoms with van der Waals surface area (Å²) in [6.07, 6.45) is 5.80. The van der Waals surface area contributed by atoms with Crippen molar-refractivity contribution in [3.05, 3.63) is 63.9 Å². The van der Waals surface area contributed by atoms with Gasteiger partial charge in [-0.25, -0.2) is 15.0 Å². The minimum Gasteiger partial charge on any atom is -0.380 e. The van der Waals surface area contributed by atoms with Crippen molar-refractivity contribution in [2.45, 2.75) is 78.4 Å². The average Bonchev–Trinajstić information content (AvgIpc) is 3.48. The third-order valence-corrected chi connectivity index (χ3v) is 10.2. The van der Waals surface area contributed by atoms with Gasteiger partial charge in [0.25, 0.3) is 0 Å². The lowest BCUT2D eigenvalue weighted by Crippen LogP contribution is -2.47. The number of pyridine rings is 1. The predicted molar refractivity (Wildman–Crippen MR) is 190 cm³/mol. The third-order valence-electron chi connectivity index (χ3n) is 9.77. The topological polar surface area (TPSA) is 175 Å². The van der Waals surface area contributed by atoms with Gasteiger partial charge in [-0.15, -0.1) is 0 Å². The van der Waals surface area contributed by atoms with E-state index in [9.17, 15) is 19.2 Å². The van der Waals surface area contributed by atoms with Gasteiger partial charge in [-0.1, -0.05) is 6.07 Å². The number of nitrogens with zero attached hydrogens (tertiary/aromatic N) is 6. The van der Waals surface area contributed by atoms with E-state index in [1.54, 1.807) is 28.0 Å². The van der Waals surface area contributed by atoms with Crippen molar-refractivity contribution in [1.82, 2.24) is 29.6 Å². The summed E-state index contributed by atoms with van der Waals surface area (Å²) in [5, 5.41) is 8.20. The molecule has 262 valence electrons. The SMILES string of the molecule is CC(=O)c1nn(CC(=O)N2[C@H](C(=O)Nc3nc(Br)ccc3C)C[C@@]3(CCC(=O)CCOCCN)C[C@@H]23)c2c(C)cc(-c3cnc(C)nc3)cc12. The van der Waals surface area contributed by atoms with E-state index in [4.69, 9.17) is 10.5 Å². The quantitative estimate of drug-likeness (QED) is 0.106. The average molecular weight is 746 g/mol. The molecule has 4 aromatic rings. The molecule has 1 saturated heterocycles. The Balaban J connectivity index is 1.28. The van der Waals surface area contributed by atoms with E-state index in [2.05, 4.69) is 41.3 Å². The van der Waals surface area contributed by atoms with Gasteiger partial charge >= 0.3 is 0 Å². The van der Waals surface area contributed by atoms with Gasteiger partial charge in [0.15, 0.2) is 5.78 Å². The minimum atomic E-state index is -0.771. The lowest BCUT2D eigenvalue weighted by Gasteiger charge is -2.27. The maximum atomic E-state index is 14.3. The van der Waals surface area contributed by atoms with Crippen LogP contribution < -0.4 is 11.1 Å². The molecule has 0 radical (unpaired) electrons. The number of anilines is 1. The number of piperidine rings is 1. The summed E-state index contributed by atoms with van der Waals surface area (Å²) >= 11 is 3.37. The van der Waals surface area contributed by atoms with Crippen molar-refractivity contribution >= 4 is 56.0 Å². The van der Waals surface area contributed by atoms with Crippen LogP contribution >= 0.6 is 15.9 Å². The van der Waals surface area contributed by atoms with Gasteiger partial charge in [0, 0.05) is 55.7 Å². The van der Waals surface area contributed by atoms with E-state index in [0.717, 1.165) is 22.3 Å². The minimum absolute atomic E-state index is 0.0774. The molecule has 2 aliphatic rings. The van der Waals surface area contributed by atoms with E-state index in [-0.39, 0.29) is 47.1 Å². The van der Waals surface area contributed by atoms with Gasteiger partial charge in [-0.2, -0.15) is 5.10 Å². The Morgan fingerprint density at radius 1 is 1.02 bits per heavy atom. The number of rotatable bonds is 14. The number of hydrogen-bond donors (Lipinski definition) is 2. The van der Waals surface area contributed by atoms with Gasteiger partial charge < -0.3 is 20.7 Å². The van der Waals surface area contributed by atoms with Gasteiger partial charge in [0.1, 0.15) is 40.3 Å². The molecule has 13 nitrogen and oxygen atoms in total. The van der Waals surface area contributed by atoms with Crippen LogP contribution in [-0.2, 0) is 25.7 Å². The number of ketones is 2. The number of Topliss-reactive ketones (excluding diaryl/α,β-unsaturated/α-hetero) is 2. The normalized spacial score (nSPS) is 19.4. The number of likely N-dealkylation sites (tertiary alicyclic amines) is 1. The standard InChI is InChI=1S/C36H41BrN8O5/c1-20-5-6-30(37)41-34(20)42-35(49)28-15-36(9-7-26(47)8-11-50-12-10-38)16-29(36)45(28)31(48)19-44-33-21(2)13-24(25-17-39-23(4)40-18-25)14-27(33)32(43-44)22(3)46/h5-6,13-14,17-18,28-29H,7-12,15-16,19,38H2,1-4H3,(H,41,42,49)/t28-,29+,36-/m0/s1. The molecule has 6 rings (SSSR count). The van der Waals surface area contributed by atoms with Crippen LogP contribution in [-0.4, -0.2) is 84.9 Å². The fourth-order valence-electron chi connectivity index (χ4n) is 7.11. The number of amides is 2. The molecule has 0 bridgehead atoms. The number of benzene rings is 1. The highest BCUT2D eigenvalue weighted by molar-refractivity contribution is 9.10. The molecule has 1 aromatic carbocycles. The number of hydrogen-bond acceptors (Lipinski definition) is 10. The van der Waals surface area contributed by atoms with Gasteiger partial charge in [0.05, 0.1) is 18.7 Å². The molecule has 50 heavy (non-hydrogen) atoms. The molecule has 1 aliphatic heterocycles. The number of nitrogens with one attached hydrogen (secondary N) is 1. The number of carbonyl (C=O) groups is 4. The molecule has 4 heterocycles. The molecule has 2 fully saturated rings. The number of ether oxygens (including phenoxy) is 1. The van der Waals surface area contributed by atoms with E-state index in [1.807, 2.05) is 39.0 Å². The number of halogens is 1. The molecular formula is C36H41BrN8O5. The maximum Gasteiger partial charge on any atom is 0.248 e. The van der Waals surface area contributed by atoms with Crippen molar-refractivity contribution in [2.75, 3.05) is 25.1 Å². The molecule has 1 saturated carbocycles. The van der Waals surface area contributed by atoms with Crippen LogP contribution in [0.4, 0.5) is 5.82 Å². The second-order valence-electron chi connectivity index (χ2n) is 13.4. The van der Waals surface area contributed by atoms with Crippen LogP contribution in [0.25, 0.3) is 22.0 Å². The van der Waals surface area contributed by atoms with E-state index >= 15 is 0 Å². The number of aryl methyl sites for hydroxylation is 3. The Morgan fingerprint density at radius 3 is 2.50 bits per heavy atom. The summed E-state index contributed by atoms with van der Waals surface area (Å²) in [4.78, 5) is 68.5. The molecule has 14 heteroatoms. The zero-order valence-electron chi connectivity index (χ0n) is 28.7. The molecule has 0 unspecified atom stereocenters. The van der Waals surface area contributed by atoms with Crippen LogP contribution in [0, 0.1) is 26.2 Å². The number of aromatic nitrogens is 5. The van der Waals surface area contributed by atoms with Crippen LogP contribution in [0.3, 0.4) is 0 Å². The van der Waals surface area contributed by atoms with Crippen LogP contribution in [0.5, 0.6) is 0 Å². The van der Waals surface area contributed by atoms with Crippen molar-refractivity contribution in [2.24, 2.45) is 11.1 Å². The summed E-state index contributed by atoms with van der Waals surface area (Å²) in [5.74, 6) is 0.286. The molecule has 3 N–H and O–H groups in total. The Kier molecular flexibility index (Phi) is 10.2. The Bertz CT molecular complexity index is 1980. The third kappa shape index (κ3) is 7.23. The predicted octanol–water partition coefficient (Wildman–Crippen LogP) is 4.49. The number of carbonyl (C=O) groups excluding carboxylic acids is 4. The van der Waals surface area contributed by atoms with Crippen molar-refractivity contribution in [3.63, 3.8) is 0 Å². The molecule has 2 amide bonds. The Morgan fingerprint density at radius 2 is 1.78 bits per heavy atom. The van der Waals surface area contributed by atoms with E-state index < -0.39 is 6.04 Å². The van der Waals surface area contributed by atoms with Crippen molar-refractivity contribution in [3.8, 4) is 11.1 Å². The highest BCUT2D eigenvalue weighted by Gasteiger charge is 2.66. The molecule has 3 aromatic heterocycles. The Labute approximate surface area is 298 Å². The van der Waals surface area contributed by atoms with Crippen LogP contribution in [0.1, 0.15) is 66.5 Å². The smallest absolute Gasteiger partial charge is 0.248 e. The highest BCUT2D eigenvalue weighted by Crippen LogP contribution is 2.62. The summed E-state index contributed by atoms with van der Waals surface area (Å²) in [7, 11) is 0. The van der Waals surface area contributed by atoms with Gasteiger partial charge in [-0.3, -0.25) is 23.9 Å². The zero-order valence-corrected chi connectivity index (χ0v) is 30.2.